The van der Waals surface area contributed by atoms with Crippen molar-refractivity contribution in [1.29, 1.82) is 0 Å². The lowest BCUT2D eigenvalue weighted by molar-refractivity contribution is -0.123. The zero-order valence-corrected chi connectivity index (χ0v) is 13.3. The fraction of sp³-hybridized carbons (Fsp3) is 0.375. The molecule has 0 unspecified atom stereocenters. The molecule has 1 aromatic heterocycles. The van der Waals surface area contributed by atoms with Gasteiger partial charge in [0.1, 0.15) is 0 Å². The van der Waals surface area contributed by atoms with Crippen molar-refractivity contribution in [3.05, 3.63) is 53.0 Å². The minimum atomic E-state index is -0.293. The highest BCUT2D eigenvalue weighted by atomic mass is 79.9. The third-order valence-corrected chi connectivity index (χ3v) is 4.49. The summed E-state index contributed by atoms with van der Waals surface area (Å²) >= 11 is 3.48. The summed E-state index contributed by atoms with van der Waals surface area (Å²) in [6.07, 6.45) is 8.30. The molecule has 5 heteroatoms. The second kappa shape index (κ2) is 6.02. The van der Waals surface area contributed by atoms with Crippen molar-refractivity contribution in [1.82, 2.24) is 14.9 Å². The van der Waals surface area contributed by atoms with E-state index in [9.17, 15) is 4.79 Å². The molecular weight excluding hydrogens is 330 g/mol. The molecule has 1 N–H and O–H groups in total. The molecule has 0 bridgehead atoms. The van der Waals surface area contributed by atoms with Gasteiger partial charge in [0.25, 0.3) is 0 Å². The molecular formula is C16H18BrN3O. The van der Waals surface area contributed by atoms with Crippen LogP contribution in [0.2, 0.25) is 0 Å². The molecule has 1 aliphatic rings. The van der Waals surface area contributed by atoms with Gasteiger partial charge in [0.05, 0.1) is 11.7 Å². The van der Waals surface area contributed by atoms with Gasteiger partial charge in [-0.05, 0) is 37.0 Å². The summed E-state index contributed by atoms with van der Waals surface area (Å²) in [5.41, 5.74) is 0.822. The molecule has 0 radical (unpaired) electrons. The number of hydrogen-bond acceptors (Lipinski definition) is 2. The molecule has 21 heavy (non-hydrogen) atoms. The summed E-state index contributed by atoms with van der Waals surface area (Å²) in [5.74, 6) is 0.159. The van der Waals surface area contributed by atoms with Gasteiger partial charge in [-0.2, -0.15) is 0 Å². The fourth-order valence-corrected chi connectivity index (χ4v) is 3.01. The Morgan fingerprint density at radius 2 is 2.29 bits per heavy atom. The molecule has 1 aliphatic carbocycles. The number of hydrogen-bond donors (Lipinski definition) is 1. The first kappa shape index (κ1) is 14.3. The first-order chi connectivity index (χ1) is 10.2. The van der Waals surface area contributed by atoms with E-state index in [4.69, 9.17) is 0 Å². The van der Waals surface area contributed by atoms with Crippen molar-refractivity contribution in [2.24, 2.45) is 0 Å². The summed E-state index contributed by atoms with van der Waals surface area (Å²) in [6.45, 7) is 1.58. The number of imidazole rings is 1. The zero-order valence-electron chi connectivity index (χ0n) is 11.8. The number of halogens is 1. The monoisotopic (exact) mass is 347 g/mol. The predicted molar refractivity (Wildman–Crippen MR) is 84.9 cm³/mol. The van der Waals surface area contributed by atoms with Gasteiger partial charge in [-0.25, -0.2) is 4.98 Å². The van der Waals surface area contributed by atoms with E-state index >= 15 is 0 Å². The van der Waals surface area contributed by atoms with Crippen molar-refractivity contribution < 1.29 is 4.79 Å². The molecule has 1 aromatic carbocycles. The topological polar surface area (TPSA) is 46.9 Å². The second-order valence-corrected chi connectivity index (χ2v) is 6.42. The van der Waals surface area contributed by atoms with Crippen LogP contribution >= 0.6 is 15.9 Å². The van der Waals surface area contributed by atoms with Crippen LogP contribution in [0.25, 0.3) is 0 Å². The van der Waals surface area contributed by atoms with Gasteiger partial charge in [-0.1, -0.05) is 28.1 Å². The van der Waals surface area contributed by atoms with Gasteiger partial charge in [0.2, 0.25) is 5.91 Å². The van der Waals surface area contributed by atoms with Crippen LogP contribution in [0, 0.1) is 0 Å². The Balaban J connectivity index is 1.53. The van der Waals surface area contributed by atoms with Crippen molar-refractivity contribution >= 4 is 21.8 Å². The average molecular weight is 348 g/mol. The second-order valence-electron chi connectivity index (χ2n) is 5.50. The SMILES string of the molecule is O=C(NCCCn1ccnc1)C1(c2cccc(Br)c2)CC1. The molecule has 1 saturated carbocycles. The Hall–Kier alpha value is -1.62. The van der Waals surface area contributed by atoms with Crippen LogP contribution in [-0.2, 0) is 16.8 Å². The molecule has 0 spiro atoms. The minimum Gasteiger partial charge on any atom is -0.355 e. The maximum Gasteiger partial charge on any atom is 0.230 e. The van der Waals surface area contributed by atoms with Gasteiger partial charge in [-0.15, -0.1) is 0 Å². The highest BCUT2D eigenvalue weighted by Crippen LogP contribution is 2.48. The quantitative estimate of drug-likeness (QED) is 0.816. The third kappa shape index (κ3) is 3.18. The van der Waals surface area contributed by atoms with Crippen LogP contribution in [0.4, 0.5) is 0 Å². The Bertz CT molecular complexity index is 620. The van der Waals surface area contributed by atoms with Crippen LogP contribution in [-0.4, -0.2) is 22.0 Å². The van der Waals surface area contributed by atoms with E-state index in [1.807, 2.05) is 29.0 Å². The highest BCUT2D eigenvalue weighted by Gasteiger charge is 2.51. The molecule has 3 rings (SSSR count). The molecule has 0 atom stereocenters. The molecule has 1 amide bonds. The predicted octanol–water partition coefficient (Wildman–Crippen LogP) is 2.88. The van der Waals surface area contributed by atoms with E-state index in [2.05, 4.69) is 32.3 Å². The molecule has 110 valence electrons. The van der Waals surface area contributed by atoms with E-state index in [1.165, 1.54) is 0 Å². The standard InChI is InChI=1S/C16H18BrN3O/c17-14-4-1-3-13(11-14)16(5-6-16)15(21)19-7-2-9-20-10-8-18-12-20/h1,3-4,8,10-12H,2,5-7,9H2,(H,19,21). The van der Waals surface area contributed by atoms with Crippen molar-refractivity contribution in [3.8, 4) is 0 Å². The normalized spacial score (nSPS) is 15.7. The molecule has 0 aliphatic heterocycles. The number of nitrogens with zero attached hydrogens (tertiary/aromatic N) is 2. The number of carbonyl (C=O) groups excluding carboxylic acids is 1. The van der Waals surface area contributed by atoms with Crippen LogP contribution in [0.5, 0.6) is 0 Å². The highest BCUT2D eigenvalue weighted by molar-refractivity contribution is 9.10. The molecule has 2 aromatic rings. The smallest absolute Gasteiger partial charge is 0.230 e. The lowest BCUT2D eigenvalue weighted by atomic mass is 9.95. The number of aryl methyl sites for hydroxylation is 1. The number of benzene rings is 1. The van der Waals surface area contributed by atoms with Crippen LogP contribution in [0.1, 0.15) is 24.8 Å². The van der Waals surface area contributed by atoms with Crippen LogP contribution in [0.3, 0.4) is 0 Å². The first-order valence-corrected chi connectivity index (χ1v) is 8.00. The van der Waals surface area contributed by atoms with Gasteiger partial charge in [0.15, 0.2) is 0 Å². The summed E-state index contributed by atoms with van der Waals surface area (Å²) in [6, 6.07) is 8.08. The zero-order chi connectivity index (χ0) is 14.7. The lowest BCUT2D eigenvalue weighted by Gasteiger charge is -2.16. The lowest BCUT2D eigenvalue weighted by Crippen LogP contribution is -2.35. The summed E-state index contributed by atoms with van der Waals surface area (Å²) < 4.78 is 3.05. The van der Waals surface area contributed by atoms with Crippen molar-refractivity contribution in [3.63, 3.8) is 0 Å². The Morgan fingerprint density at radius 3 is 2.95 bits per heavy atom. The summed E-state index contributed by atoms with van der Waals surface area (Å²) in [4.78, 5) is 16.5. The number of amides is 1. The van der Waals surface area contributed by atoms with E-state index < -0.39 is 0 Å². The maximum absolute atomic E-state index is 12.5. The molecule has 1 fully saturated rings. The largest absolute Gasteiger partial charge is 0.355 e. The van der Waals surface area contributed by atoms with Crippen molar-refractivity contribution in [2.75, 3.05) is 6.54 Å². The number of rotatable bonds is 6. The van der Waals surface area contributed by atoms with E-state index in [-0.39, 0.29) is 11.3 Å². The third-order valence-electron chi connectivity index (χ3n) is 4.00. The van der Waals surface area contributed by atoms with Crippen LogP contribution < -0.4 is 5.32 Å². The average Bonchev–Trinajstić information content (AvgIpc) is 3.14. The Kier molecular flexibility index (Phi) is 4.10. The van der Waals surface area contributed by atoms with E-state index in [0.29, 0.717) is 6.54 Å². The number of aromatic nitrogens is 2. The summed E-state index contributed by atoms with van der Waals surface area (Å²) in [7, 11) is 0. The maximum atomic E-state index is 12.5. The van der Waals surface area contributed by atoms with Gasteiger partial charge in [-0.3, -0.25) is 4.79 Å². The summed E-state index contributed by atoms with van der Waals surface area (Å²) in [5, 5.41) is 3.08. The van der Waals surface area contributed by atoms with E-state index in [0.717, 1.165) is 35.8 Å². The number of carbonyl (C=O) groups is 1. The first-order valence-electron chi connectivity index (χ1n) is 7.21. The number of nitrogens with one attached hydrogen (secondary N) is 1. The van der Waals surface area contributed by atoms with Gasteiger partial charge < -0.3 is 9.88 Å². The molecule has 4 nitrogen and oxygen atoms in total. The minimum absolute atomic E-state index is 0.159. The van der Waals surface area contributed by atoms with Crippen molar-refractivity contribution in [2.45, 2.75) is 31.2 Å². The molecule has 0 saturated heterocycles. The van der Waals surface area contributed by atoms with E-state index in [1.54, 1.807) is 12.5 Å². The Labute approximate surface area is 132 Å². The molecule has 1 heterocycles. The Morgan fingerprint density at radius 1 is 1.43 bits per heavy atom. The fourth-order valence-electron chi connectivity index (χ4n) is 2.61. The van der Waals surface area contributed by atoms with Gasteiger partial charge >= 0.3 is 0 Å². The van der Waals surface area contributed by atoms with Gasteiger partial charge in [0, 0.05) is 30.0 Å². The van der Waals surface area contributed by atoms with Crippen LogP contribution in [0.15, 0.2) is 47.5 Å².